The van der Waals surface area contributed by atoms with E-state index >= 15 is 0 Å². The smallest absolute Gasteiger partial charge is 0.304 e. The lowest BCUT2D eigenvalue weighted by atomic mass is 10.1. The Balaban J connectivity index is 2.18. The van der Waals surface area contributed by atoms with Gasteiger partial charge in [0.25, 0.3) is 0 Å². The zero-order chi connectivity index (χ0) is 13.7. The maximum Gasteiger partial charge on any atom is 0.304 e. The van der Waals surface area contributed by atoms with Crippen LogP contribution in [0, 0.1) is 6.92 Å². The average molecular weight is 274 g/mol. The van der Waals surface area contributed by atoms with E-state index in [4.69, 9.17) is 5.11 Å². The number of benzene rings is 1. The van der Waals surface area contributed by atoms with Gasteiger partial charge in [-0.3, -0.25) is 4.79 Å². The Morgan fingerprint density at radius 1 is 1.26 bits per heavy atom. The van der Waals surface area contributed by atoms with Gasteiger partial charge in [0.1, 0.15) is 10.9 Å². The number of carboxylic acid groups (broad SMARTS) is 1. The van der Waals surface area contributed by atoms with Crippen LogP contribution in [-0.2, 0) is 4.79 Å². The van der Waals surface area contributed by atoms with Crippen LogP contribution in [0.2, 0.25) is 0 Å². The predicted molar refractivity (Wildman–Crippen MR) is 75.2 cm³/mol. The van der Waals surface area contributed by atoms with Gasteiger partial charge in [-0.2, -0.15) is 0 Å². The van der Waals surface area contributed by atoms with Gasteiger partial charge in [-0.05, 0) is 13.0 Å². The molecule has 2 aromatic rings. The number of nitrogens with zero attached hydrogens (tertiary/aromatic N) is 2. The number of carbonyl (C=O) groups is 1. The monoisotopic (exact) mass is 274 g/mol. The molecule has 0 saturated carbocycles. The molecule has 0 saturated heterocycles. The van der Waals surface area contributed by atoms with Gasteiger partial charge in [-0.15, -0.1) is 11.8 Å². The van der Waals surface area contributed by atoms with E-state index in [2.05, 4.69) is 9.97 Å². The van der Waals surface area contributed by atoms with Gasteiger partial charge in [0, 0.05) is 11.3 Å². The topological polar surface area (TPSA) is 63.1 Å². The lowest BCUT2D eigenvalue weighted by Gasteiger charge is -2.05. The molecule has 1 heterocycles. The van der Waals surface area contributed by atoms with Gasteiger partial charge in [-0.25, -0.2) is 9.97 Å². The molecule has 98 valence electrons. The molecule has 5 heteroatoms. The first-order valence-electron chi connectivity index (χ1n) is 5.91. The van der Waals surface area contributed by atoms with E-state index in [1.165, 1.54) is 11.8 Å². The Morgan fingerprint density at radius 3 is 2.68 bits per heavy atom. The van der Waals surface area contributed by atoms with Crippen LogP contribution in [0.5, 0.6) is 0 Å². The molecule has 0 fully saturated rings. The first-order valence-corrected chi connectivity index (χ1v) is 6.89. The highest BCUT2D eigenvalue weighted by Gasteiger charge is 2.05. The van der Waals surface area contributed by atoms with Crippen molar-refractivity contribution in [2.24, 2.45) is 0 Å². The van der Waals surface area contributed by atoms with E-state index in [9.17, 15) is 4.79 Å². The molecule has 4 nitrogen and oxygen atoms in total. The molecule has 0 atom stereocenters. The van der Waals surface area contributed by atoms with E-state index in [0.717, 1.165) is 16.3 Å². The van der Waals surface area contributed by atoms with Crippen molar-refractivity contribution in [3.63, 3.8) is 0 Å². The maximum absolute atomic E-state index is 10.5. The van der Waals surface area contributed by atoms with Crippen molar-refractivity contribution in [3.05, 3.63) is 42.2 Å². The predicted octanol–water partition coefficient (Wildman–Crippen LogP) is 3.02. The van der Waals surface area contributed by atoms with Gasteiger partial charge in [0.05, 0.1) is 12.1 Å². The minimum Gasteiger partial charge on any atom is -0.481 e. The van der Waals surface area contributed by atoms with E-state index in [1.807, 2.05) is 43.3 Å². The Morgan fingerprint density at radius 2 is 2.00 bits per heavy atom. The molecule has 0 bridgehead atoms. The maximum atomic E-state index is 10.5. The van der Waals surface area contributed by atoms with Crippen LogP contribution in [-0.4, -0.2) is 26.8 Å². The highest BCUT2D eigenvalue weighted by molar-refractivity contribution is 7.99. The van der Waals surface area contributed by atoms with Crippen molar-refractivity contribution in [1.82, 2.24) is 9.97 Å². The number of hydrogen-bond donors (Lipinski definition) is 1. The summed E-state index contributed by atoms with van der Waals surface area (Å²) in [5, 5.41) is 9.45. The number of rotatable bonds is 5. The lowest BCUT2D eigenvalue weighted by Crippen LogP contribution is -1.98. The minimum atomic E-state index is -0.790. The normalized spacial score (nSPS) is 10.4. The van der Waals surface area contributed by atoms with Crippen LogP contribution >= 0.6 is 11.8 Å². The summed E-state index contributed by atoms with van der Waals surface area (Å²) in [6.07, 6.45) is 0.133. The summed E-state index contributed by atoms with van der Waals surface area (Å²) in [7, 11) is 0. The van der Waals surface area contributed by atoms with Crippen LogP contribution in [0.1, 0.15) is 12.2 Å². The Hall–Kier alpha value is -1.88. The fourth-order valence-electron chi connectivity index (χ4n) is 1.61. The van der Waals surface area contributed by atoms with Crippen LogP contribution in [0.4, 0.5) is 0 Å². The molecule has 2 rings (SSSR count). The van der Waals surface area contributed by atoms with Crippen molar-refractivity contribution >= 4 is 17.7 Å². The summed E-state index contributed by atoms with van der Waals surface area (Å²) in [5.74, 6) is 0.417. The van der Waals surface area contributed by atoms with Crippen LogP contribution in [0.15, 0.2) is 41.4 Å². The van der Waals surface area contributed by atoms with E-state index in [0.29, 0.717) is 11.6 Å². The second kappa shape index (κ2) is 6.33. The third-order valence-corrected chi connectivity index (χ3v) is 3.36. The third-order valence-electron chi connectivity index (χ3n) is 2.45. The van der Waals surface area contributed by atoms with Gasteiger partial charge in [0.2, 0.25) is 0 Å². The van der Waals surface area contributed by atoms with Gasteiger partial charge in [0.15, 0.2) is 0 Å². The second-order valence-electron chi connectivity index (χ2n) is 4.00. The molecule has 19 heavy (non-hydrogen) atoms. The summed E-state index contributed by atoms with van der Waals surface area (Å²) >= 11 is 1.44. The van der Waals surface area contributed by atoms with E-state index < -0.39 is 5.97 Å². The van der Waals surface area contributed by atoms with Gasteiger partial charge < -0.3 is 5.11 Å². The van der Waals surface area contributed by atoms with Gasteiger partial charge >= 0.3 is 5.97 Å². The summed E-state index contributed by atoms with van der Waals surface area (Å²) in [4.78, 5) is 19.2. The molecule has 0 spiro atoms. The molecule has 1 N–H and O–H groups in total. The summed E-state index contributed by atoms with van der Waals surface area (Å²) in [6.45, 7) is 1.84. The summed E-state index contributed by atoms with van der Waals surface area (Å²) < 4.78 is 0. The molecule has 0 unspecified atom stereocenters. The van der Waals surface area contributed by atoms with Crippen molar-refractivity contribution < 1.29 is 9.90 Å². The second-order valence-corrected chi connectivity index (χ2v) is 5.11. The largest absolute Gasteiger partial charge is 0.481 e. The SMILES string of the molecule is Cc1nc(SCCC(=O)O)cc(-c2ccccc2)n1. The van der Waals surface area contributed by atoms with Crippen molar-refractivity contribution in [1.29, 1.82) is 0 Å². The molecular weight excluding hydrogens is 260 g/mol. The number of aliphatic carboxylic acids is 1. The number of aromatic nitrogens is 2. The molecule has 0 aliphatic carbocycles. The molecule has 1 aromatic carbocycles. The Bertz CT molecular complexity index is 573. The van der Waals surface area contributed by atoms with Crippen LogP contribution < -0.4 is 0 Å². The third kappa shape index (κ3) is 4.06. The highest BCUT2D eigenvalue weighted by Crippen LogP contribution is 2.23. The molecule has 0 aliphatic rings. The zero-order valence-electron chi connectivity index (χ0n) is 10.5. The summed E-state index contributed by atoms with van der Waals surface area (Å²) in [5.41, 5.74) is 1.90. The van der Waals surface area contributed by atoms with Crippen molar-refractivity contribution in [2.45, 2.75) is 18.4 Å². The molecule has 0 aliphatic heterocycles. The molecular formula is C14H14N2O2S. The molecule has 1 aromatic heterocycles. The number of carboxylic acids is 1. The Labute approximate surface area is 115 Å². The van der Waals surface area contributed by atoms with E-state index in [-0.39, 0.29) is 6.42 Å². The first-order chi connectivity index (χ1) is 9.15. The van der Waals surface area contributed by atoms with Gasteiger partial charge in [-0.1, -0.05) is 30.3 Å². The summed E-state index contributed by atoms with van der Waals surface area (Å²) in [6, 6.07) is 11.8. The molecule has 0 amide bonds. The number of hydrogen-bond acceptors (Lipinski definition) is 4. The molecule has 0 radical (unpaired) electrons. The minimum absolute atomic E-state index is 0.133. The van der Waals surface area contributed by atoms with Crippen molar-refractivity contribution in [2.75, 3.05) is 5.75 Å². The standard InChI is InChI=1S/C14H14N2O2S/c1-10-15-12(11-5-3-2-4-6-11)9-13(16-10)19-8-7-14(17)18/h2-6,9H,7-8H2,1H3,(H,17,18). The zero-order valence-corrected chi connectivity index (χ0v) is 11.4. The van der Waals surface area contributed by atoms with Crippen molar-refractivity contribution in [3.8, 4) is 11.3 Å². The lowest BCUT2D eigenvalue weighted by molar-refractivity contribution is -0.136. The van der Waals surface area contributed by atoms with Crippen LogP contribution in [0.25, 0.3) is 11.3 Å². The Kier molecular flexibility index (Phi) is 4.52. The fourth-order valence-corrected chi connectivity index (χ4v) is 2.49. The van der Waals surface area contributed by atoms with Crippen LogP contribution in [0.3, 0.4) is 0 Å². The number of aryl methyl sites for hydroxylation is 1. The first kappa shape index (κ1) is 13.5. The fraction of sp³-hybridized carbons (Fsp3) is 0.214. The average Bonchev–Trinajstić information content (AvgIpc) is 2.39. The quantitative estimate of drug-likeness (QED) is 0.670. The van der Waals surface area contributed by atoms with E-state index in [1.54, 1.807) is 0 Å². The number of thioether (sulfide) groups is 1. The highest BCUT2D eigenvalue weighted by atomic mass is 32.2.